The number of nitrogens with one attached hydrogen (secondary N) is 1. The van der Waals surface area contributed by atoms with E-state index in [1.54, 1.807) is 0 Å². The van der Waals surface area contributed by atoms with E-state index < -0.39 is 0 Å². The van der Waals surface area contributed by atoms with E-state index in [-0.39, 0.29) is 5.84 Å². The highest BCUT2D eigenvalue weighted by molar-refractivity contribution is 6.21. The van der Waals surface area contributed by atoms with Crippen LogP contribution in [-0.4, -0.2) is 11.7 Å². The van der Waals surface area contributed by atoms with Crippen molar-refractivity contribution in [1.82, 2.24) is 0 Å². The third-order valence-electron chi connectivity index (χ3n) is 8.77. The van der Waals surface area contributed by atoms with Crippen LogP contribution in [0.2, 0.25) is 0 Å². The van der Waals surface area contributed by atoms with Crippen molar-refractivity contribution in [2.24, 2.45) is 10.7 Å². The number of fused-ring (bicyclic) bond motifs is 4. The Morgan fingerprint density at radius 1 is 0.378 bits per heavy atom. The lowest BCUT2D eigenvalue weighted by atomic mass is 9.91. The minimum absolute atomic E-state index is 0.135. The van der Waals surface area contributed by atoms with Crippen LogP contribution in [0.15, 0.2) is 163 Å². The van der Waals surface area contributed by atoms with Gasteiger partial charge in [0.1, 0.15) is 5.84 Å². The summed E-state index contributed by atoms with van der Waals surface area (Å²) in [5.74, 6) is 0.457. The molecule has 0 heterocycles. The molecule has 8 aromatic carbocycles. The van der Waals surface area contributed by atoms with Gasteiger partial charge in [-0.25, -0.2) is 4.99 Å². The Morgan fingerprint density at radius 2 is 0.756 bits per heavy atom. The molecule has 3 N–H and O–H groups in total. The maximum absolute atomic E-state index is 9.11. The molecule has 0 spiro atoms. The number of amidine groups is 2. The third kappa shape index (κ3) is 4.54. The second-order valence-corrected chi connectivity index (χ2v) is 11.3. The summed E-state index contributed by atoms with van der Waals surface area (Å²) in [7, 11) is 0. The van der Waals surface area contributed by atoms with E-state index in [1.807, 2.05) is 30.3 Å². The van der Waals surface area contributed by atoms with E-state index in [0.29, 0.717) is 5.84 Å². The maximum atomic E-state index is 9.11. The van der Waals surface area contributed by atoms with Crippen molar-refractivity contribution in [1.29, 1.82) is 5.41 Å². The van der Waals surface area contributed by atoms with Gasteiger partial charge in [-0.2, -0.15) is 0 Å². The highest BCUT2D eigenvalue weighted by Gasteiger charge is 2.15. The molecule has 3 nitrogen and oxygen atoms in total. The van der Waals surface area contributed by atoms with Crippen molar-refractivity contribution in [3.05, 3.63) is 169 Å². The number of rotatable bonds is 4. The summed E-state index contributed by atoms with van der Waals surface area (Å²) in [6.45, 7) is 0. The molecule has 0 saturated carbocycles. The van der Waals surface area contributed by atoms with E-state index in [4.69, 9.17) is 16.1 Å². The molecule has 0 fully saturated rings. The van der Waals surface area contributed by atoms with Crippen LogP contribution in [0.1, 0.15) is 11.1 Å². The molecule has 0 aromatic heterocycles. The van der Waals surface area contributed by atoms with Gasteiger partial charge in [-0.1, -0.05) is 152 Å². The lowest BCUT2D eigenvalue weighted by Gasteiger charge is -2.15. The first-order valence-corrected chi connectivity index (χ1v) is 15.1. The summed E-state index contributed by atoms with van der Waals surface area (Å²) >= 11 is 0. The van der Waals surface area contributed by atoms with E-state index in [0.717, 1.165) is 43.8 Å². The normalized spacial score (nSPS) is 11.9. The molecular formula is C42H29N3. The topological polar surface area (TPSA) is 62.2 Å². The van der Waals surface area contributed by atoms with Gasteiger partial charge in [0.2, 0.25) is 0 Å². The number of benzene rings is 8. The summed E-state index contributed by atoms with van der Waals surface area (Å²) in [5.41, 5.74) is 12.9. The number of hydrogen-bond donors (Lipinski definition) is 2. The number of aliphatic imine (C=N–C) groups is 1. The van der Waals surface area contributed by atoms with Gasteiger partial charge >= 0.3 is 0 Å². The van der Waals surface area contributed by atoms with Gasteiger partial charge in [0.05, 0.1) is 0 Å². The predicted molar refractivity (Wildman–Crippen MR) is 191 cm³/mol. The fourth-order valence-electron chi connectivity index (χ4n) is 6.66. The summed E-state index contributed by atoms with van der Waals surface area (Å²) in [6, 6.07) is 54.5. The lowest BCUT2D eigenvalue weighted by molar-refractivity contribution is 1.41. The summed E-state index contributed by atoms with van der Waals surface area (Å²) in [6.07, 6.45) is 0. The molecule has 0 atom stereocenters. The zero-order valence-corrected chi connectivity index (χ0v) is 24.5. The van der Waals surface area contributed by atoms with Crippen LogP contribution >= 0.6 is 0 Å². The van der Waals surface area contributed by atoms with Gasteiger partial charge in [-0.3, -0.25) is 5.41 Å². The summed E-state index contributed by atoms with van der Waals surface area (Å²) < 4.78 is 0. The predicted octanol–water partition coefficient (Wildman–Crippen LogP) is 10.4. The SMILES string of the molecule is N=C(N=C(N)c1ccc(-c2cccc3ccccc23)c2ccccc12)c1ccc(-c2cccc3ccccc23)c2ccccc12. The van der Waals surface area contributed by atoms with E-state index in [1.165, 1.54) is 32.7 Å². The Hall–Kier alpha value is -6.06. The van der Waals surface area contributed by atoms with Gasteiger partial charge in [0.15, 0.2) is 5.84 Å². The van der Waals surface area contributed by atoms with Crippen molar-refractivity contribution in [2.45, 2.75) is 0 Å². The van der Waals surface area contributed by atoms with Crippen molar-refractivity contribution >= 4 is 54.8 Å². The number of nitrogens with two attached hydrogens (primary N) is 1. The molecular weight excluding hydrogens is 546 g/mol. The second kappa shape index (κ2) is 10.9. The highest BCUT2D eigenvalue weighted by atomic mass is 14.9. The molecule has 0 aliphatic rings. The zero-order valence-electron chi connectivity index (χ0n) is 24.5. The molecule has 0 bridgehead atoms. The molecule has 8 rings (SSSR count). The molecule has 0 aliphatic heterocycles. The lowest BCUT2D eigenvalue weighted by Crippen LogP contribution is -2.16. The first-order chi connectivity index (χ1) is 22.2. The smallest absolute Gasteiger partial charge is 0.154 e. The fourth-order valence-corrected chi connectivity index (χ4v) is 6.66. The molecule has 8 aromatic rings. The van der Waals surface area contributed by atoms with E-state index in [9.17, 15) is 0 Å². The Balaban J connectivity index is 1.22. The molecule has 0 amide bonds. The molecule has 45 heavy (non-hydrogen) atoms. The first kappa shape index (κ1) is 26.6. The fraction of sp³-hybridized carbons (Fsp3) is 0. The Labute approximate surface area is 261 Å². The van der Waals surface area contributed by atoms with Crippen LogP contribution in [0, 0.1) is 5.41 Å². The van der Waals surface area contributed by atoms with Crippen LogP contribution in [0.5, 0.6) is 0 Å². The van der Waals surface area contributed by atoms with Crippen molar-refractivity contribution < 1.29 is 0 Å². The summed E-state index contributed by atoms with van der Waals surface area (Å²) in [5, 5.41) is 18.1. The molecule has 0 aliphatic carbocycles. The van der Waals surface area contributed by atoms with Gasteiger partial charge in [-0.15, -0.1) is 0 Å². The van der Waals surface area contributed by atoms with Crippen LogP contribution in [0.4, 0.5) is 0 Å². The Morgan fingerprint density at radius 3 is 1.29 bits per heavy atom. The highest BCUT2D eigenvalue weighted by Crippen LogP contribution is 2.37. The average Bonchev–Trinajstić information content (AvgIpc) is 3.10. The second-order valence-electron chi connectivity index (χ2n) is 11.3. The molecule has 0 saturated heterocycles. The van der Waals surface area contributed by atoms with Crippen LogP contribution < -0.4 is 5.73 Å². The zero-order chi connectivity index (χ0) is 30.3. The first-order valence-electron chi connectivity index (χ1n) is 15.1. The van der Waals surface area contributed by atoms with Gasteiger partial charge in [0, 0.05) is 11.1 Å². The largest absolute Gasteiger partial charge is 0.383 e. The monoisotopic (exact) mass is 575 g/mol. The minimum atomic E-state index is 0.135. The molecule has 0 unspecified atom stereocenters. The maximum Gasteiger partial charge on any atom is 0.154 e. The quantitative estimate of drug-likeness (QED) is 0.159. The minimum Gasteiger partial charge on any atom is -0.383 e. The van der Waals surface area contributed by atoms with E-state index in [2.05, 4.69) is 127 Å². The molecule has 0 radical (unpaired) electrons. The van der Waals surface area contributed by atoms with E-state index >= 15 is 0 Å². The molecule has 3 heteroatoms. The van der Waals surface area contributed by atoms with Crippen LogP contribution in [0.25, 0.3) is 65.3 Å². The van der Waals surface area contributed by atoms with Gasteiger partial charge in [-0.05, 0) is 71.4 Å². The van der Waals surface area contributed by atoms with Crippen LogP contribution in [-0.2, 0) is 0 Å². The van der Waals surface area contributed by atoms with Crippen LogP contribution in [0.3, 0.4) is 0 Å². The Bertz CT molecular complexity index is 2460. The Kier molecular flexibility index (Phi) is 6.43. The molecule has 212 valence electrons. The standard InChI is InChI=1S/C42H29N3/c43-41(39-25-23-37(33-17-5-7-19-35(33)39)31-21-9-13-27-11-1-3-15-29(27)31)45-42(44)40-26-24-38(34-18-6-8-20-36(34)40)32-22-10-14-28-12-2-4-16-30(28)32/h1-26H,(H3,43,44,45). The van der Waals surface area contributed by atoms with Crippen molar-refractivity contribution in [3.63, 3.8) is 0 Å². The summed E-state index contributed by atoms with van der Waals surface area (Å²) in [4.78, 5) is 4.70. The van der Waals surface area contributed by atoms with Gasteiger partial charge < -0.3 is 5.73 Å². The number of hydrogen-bond acceptors (Lipinski definition) is 1. The van der Waals surface area contributed by atoms with Crippen molar-refractivity contribution in [3.8, 4) is 22.3 Å². The average molecular weight is 576 g/mol. The van der Waals surface area contributed by atoms with Crippen molar-refractivity contribution in [2.75, 3.05) is 0 Å². The number of nitrogens with zero attached hydrogens (tertiary/aromatic N) is 1. The van der Waals surface area contributed by atoms with Gasteiger partial charge in [0.25, 0.3) is 0 Å². The third-order valence-corrected chi connectivity index (χ3v) is 8.77.